The molecule has 8 heteroatoms. The number of nitrogens with one attached hydrogen (secondary N) is 2. The molecule has 0 amide bonds. The summed E-state index contributed by atoms with van der Waals surface area (Å²) in [6, 6.07) is 8.07. The van der Waals surface area contributed by atoms with E-state index >= 15 is 0 Å². The summed E-state index contributed by atoms with van der Waals surface area (Å²) in [6.45, 7) is 2.01. The molecule has 3 aromatic rings. The fourth-order valence-electron chi connectivity index (χ4n) is 1.94. The van der Waals surface area contributed by atoms with Crippen LogP contribution in [0.25, 0.3) is 10.9 Å². The molecule has 0 bridgehead atoms. The van der Waals surface area contributed by atoms with Crippen LogP contribution in [0, 0.1) is 6.92 Å². The second kappa shape index (κ2) is 5.62. The van der Waals surface area contributed by atoms with Crippen LogP contribution in [-0.2, 0) is 0 Å². The minimum absolute atomic E-state index is 0. The number of hydrogen-bond donors (Lipinski definition) is 3. The molecule has 20 heavy (non-hydrogen) atoms. The summed E-state index contributed by atoms with van der Waals surface area (Å²) in [6.07, 6.45) is 3.14. The van der Waals surface area contributed by atoms with Crippen molar-refractivity contribution in [2.24, 2.45) is 5.10 Å². The molecule has 0 saturated heterocycles. The number of nitrogen functional groups attached to an aromatic ring is 1. The Kier molecular flexibility index (Phi) is 3.90. The Bertz CT molecular complexity index is 743. The van der Waals surface area contributed by atoms with Crippen molar-refractivity contribution in [2.75, 3.05) is 11.3 Å². The van der Waals surface area contributed by atoms with Gasteiger partial charge < -0.3 is 10.8 Å². The van der Waals surface area contributed by atoms with Crippen LogP contribution in [0.15, 0.2) is 35.7 Å². The Hall–Kier alpha value is -2.54. The lowest BCUT2D eigenvalue weighted by Crippen LogP contribution is -2.10. The molecule has 0 aliphatic rings. The Morgan fingerprint density at radius 2 is 2.20 bits per heavy atom. The number of H-pyrrole nitrogens is 1. The molecule has 0 aliphatic heterocycles. The van der Waals surface area contributed by atoms with Crippen molar-refractivity contribution in [1.29, 1.82) is 0 Å². The largest absolute Gasteiger partial charge is 0.358 e. The summed E-state index contributed by atoms with van der Waals surface area (Å²) in [5, 5.41) is 12.7. The van der Waals surface area contributed by atoms with Crippen LogP contribution in [0.4, 0.5) is 5.95 Å². The summed E-state index contributed by atoms with van der Waals surface area (Å²) in [4.78, 5) is 3.31. The van der Waals surface area contributed by atoms with E-state index in [2.05, 4.69) is 25.7 Å². The molecule has 0 saturated carbocycles. The lowest BCUT2D eigenvalue weighted by molar-refractivity contribution is 0.988. The predicted molar refractivity (Wildman–Crippen MR) is 81.7 cm³/mol. The van der Waals surface area contributed by atoms with E-state index in [0.29, 0.717) is 5.95 Å². The predicted octanol–water partition coefficient (Wildman–Crippen LogP) is 1.65. The summed E-state index contributed by atoms with van der Waals surface area (Å²) in [5.74, 6) is 5.95. The molecule has 0 aliphatic carbocycles. The summed E-state index contributed by atoms with van der Waals surface area (Å²) >= 11 is 0. The van der Waals surface area contributed by atoms with Crippen molar-refractivity contribution in [3.05, 3.63) is 41.9 Å². The average Bonchev–Trinajstić information content (AvgIpc) is 2.94. The number of aromatic amines is 1. The van der Waals surface area contributed by atoms with Gasteiger partial charge >= 0.3 is 0 Å². The molecule has 0 spiro atoms. The number of benzene rings is 1. The van der Waals surface area contributed by atoms with Gasteiger partial charge in [-0.25, -0.2) is 10.1 Å². The number of hydrazone groups is 1. The monoisotopic (exact) mass is 291 g/mol. The molecule has 0 radical (unpaired) electrons. The van der Waals surface area contributed by atoms with Crippen molar-refractivity contribution in [3.8, 4) is 0 Å². The number of halogens is 1. The highest BCUT2D eigenvalue weighted by Gasteiger charge is 2.05. The molecule has 2 heterocycles. The first-order valence-electron chi connectivity index (χ1n) is 5.77. The van der Waals surface area contributed by atoms with Gasteiger partial charge in [-0.3, -0.25) is 0 Å². The van der Waals surface area contributed by atoms with Gasteiger partial charge in [-0.2, -0.15) is 5.10 Å². The number of aromatic nitrogens is 4. The van der Waals surface area contributed by atoms with Crippen molar-refractivity contribution >= 4 is 35.5 Å². The second-order valence-corrected chi connectivity index (χ2v) is 4.14. The third-order valence-electron chi connectivity index (χ3n) is 2.87. The zero-order chi connectivity index (χ0) is 13.2. The molecule has 0 fully saturated rings. The lowest BCUT2D eigenvalue weighted by atomic mass is 10.1. The highest BCUT2D eigenvalue weighted by molar-refractivity contribution is 6.00. The number of nitrogens with two attached hydrogens (primary N) is 1. The number of aryl methyl sites for hydroxylation is 1. The molecule has 0 unspecified atom stereocenters. The highest BCUT2D eigenvalue weighted by atomic mass is 35.5. The van der Waals surface area contributed by atoms with Gasteiger partial charge in [0.15, 0.2) is 0 Å². The fourth-order valence-corrected chi connectivity index (χ4v) is 1.94. The Balaban J connectivity index is 0.00000147. The highest BCUT2D eigenvalue weighted by Crippen LogP contribution is 2.19. The zero-order valence-corrected chi connectivity index (χ0v) is 11.6. The van der Waals surface area contributed by atoms with Crippen molar-refractivity contribution in [1.82, 2.24) is 19.9 Å². The lowest BCUT2D eigenvalue weighted by Gasteiger charge is -1.97. The van der Waals surface area contributed by atoms with Crippen LogP contribution >= 0.6 is 12.4 Å². The summed E-state index contributed by atoms with van der Waals surface area (Å²) in [5.41, 5.74) is 5.92. The van der Waals surface area contributed by atoms with E-state index in [-0.39, 0.29) is 12.4 Å². The van der Waals surface area contributed by atoms with E-state index in [0.717, 1.165) is 22.2 Å². The Labute approximate surface area is 121 Å². The third-order valence-corrected chi connectivity index (χ3v) is 2.87. The fraction of sp³-hybridized carbons (Fsp3) is 0.0833. The van der Waals surface area contributed by atoms with Gasteiger partial charge in [-0.15, -0.1) is 22.6 Å². The van der Waals surface area contributed by atoms with Crippen molar-refractivity contribution in [3.63, 3.8) is 0 Å². The SMILES string of the molecule is Cc1[nH]c2ccccc2c1/C=N/Nc1nncn1N.Cl. The van der Waals surface area contributed by atoms with Gasteiger partial charge in [0, 0.05) is 22.2 Å². The van der Waals surface area contributed by atoms with Crippen molar-refractivity contribution in [2.45, 2.75) is 6.92 Å². The molecule has 2 aromatic heterocycles. The first-order chi connectivity index (χ1) is 9.25. The third kappa shape index (κ3) is 2.43. The molecule has 104 valence electrons. The minimum Gasteiger partial charge on any atom is -0.358 e. The zero-order valence-electron chi connectivity index (χ0n) is 10.7. The van der Waals surface area contributed by atoms with Gasteiger partial charge in [0.2, 0.25) is 0 Å². The number of rotatable bonds is 3. The van der Waals surface area contributed by atoms with E-state index in [1.54, 1.807) is 6.21 Å². The topological polar surface area (TPSA) is 96.9 Å². The first kappa shape index (κ1) is 13.9. The number of nitrogens with zero attached hydrogens (tertiary/aromatic N) is 4. The van der Waals surface area contributed by atoms with Crippen LogP contribution in [-0.4, -0.2) is 26.1 Å². The maximum absolute atomic E-state index is 5.57. The van der Waals surface area contributed by atoms with E-state index in [9.17, 15) is 0 Å². The average molecular weight is 292 g/mol. The number of hydrogen-bond acceptors (Lipinski definition) is 5. The molecule has 3 rings (SSSR count). The van der Waals surface area contributed by atoms with Crippen LogP contribution < -0.4 is 11.3 Å². The smallest absolute Gasteiger partial charge is 0.263 e. The summed E-state index contributed by atoms with van der Waals surface area (Å²) < 4.78 is 1.26. The van der Waals surface area contributed by atoms with Gasteiger partial charge in [0.25, 0.3) is 5.95 Å². The van der Waals surface area contributed by atoms with Crippen LogP contribution in [0.5, 0.6) is 0 Å². The van der Waals surface area contributed by atoms with Crippen LogP contribution in [0.2, 0.25) is 0 Å². The molecule has 4 N–H and O–H groups in total. The van der Waals surface area contributed by atoms with E-state index in [1.165, 1.54) is 11.0 Å². The van der Waals surface area contributed by atoms with E-state index < -0.39 is 0 Å². The number of anilines is 1. The van der Waals surface area contributed by atoms with Gasteiger partial charge in [-0.05, 0) is 13.0 Å². The molecule has 1 aromatic carbocycles. The van der Waals surface area contributed by atoms with E-state index in [1.807, 2.05) is 31.2 Å². The Morgan fingerprint density at radius 3 is 2.95 bits per heavy atom. The first-order valence-corrected chi connectivity index (χ1v) is 5.77. The molecular formula is C12H14ClN7. The van der Waals surface area contributed by atoms with E-state index in [4.69, 9.17) is 5.84 Å². The van der Waals surface area contributed by atoms with Crippen LogP contribution in [0.1, 0.15) is 11.3 Å². The maximum Gasteiger partial charge on any atom is 0.263 e. The second-order valence-electron chi connectivity index (χ2n) is 4.14. The van der Waals surface area contributed by atoms with Crippen molar-refractivity contribution < 1.29 is 0 Å². The maximum atomic E-state index is 5.57. The standard InChI is InChI=1S/C12H13N7.ClH/c1-8-10(9-4-2-3-5-11(9)16-8)6-14-17-12-18-15-7-19(12)13;/h2-7,16H,13H2,1H3,(H,17,18);1H/b14-6+;. The summed E-state index contributed by atoms with van der Waals surface area (Å²) in [7, 11) is 0. The minimum atomic E-state index is 0. The number of fused-ring (bicyclic) bond motifs is 1. The van der Waals surface area contributed by atoms with Gasteiger partial charge in [-0.1, -0.05) is 18.2 Å². The van der Waals surface area contributed by atoms with Crippen LogP contribution in [0.3, 0.4) is 0 Å². The van der Waals surface area contributed by atoms with Gasteiger partial charge in [0.05, 0.1) is 6.21 Å². The quantitative estimate of drug-likeness (QED) is 0.388. The normalized spacial score (nSPS) is 10.8. The number of para-hydroxylation sites is 1. The molecule has 0 atom stereocenters. The molecular weight excluding hydrogens is 278 g/mol. The Morgan fingerprint density at radius 1 is 1.40 bits per heavy atom. The molecule has 7 nitrogen and oxygen atoms in total. The van der Waals surface area contributed by atoms with Gasteiger partial charge in [0.1, 0.15) is 6.33 Å².